The highest BCUT2D eigenvalue weighted by atomic mass is 32.1. The van der Waals surface area contributed by atoms with Gasteiger partial charge >= 0.3 is 5.97 Å². The lowest BCUT2D eigenvalue weighted by atomic mass is 10.2. The molecule has 0 saturated heterocycles. The highest BCUT2D eigenvalue weighted by Crippen LogP contribution is 2.15. The average molecular weight is 361 g/mol. The lowest BCUT2D eigenvalue weighted by Gasteiger charge is -2.06. The van der Waals surface area contributed by atoms with Crippen molar-refractivity contribution in [2.75, 3.05) is 13.2 Å². The summed E-state index contributed by atoms with van der Waals surface area (Å²) in [4.78, 5) is 34.4. The van der Waals surface area contributed by atoms with E-state index in [0.29, 0.717) is 16.2 Å². The Bertz CT molecular complexity index is 774. The molecule has 8 nitrogen and oxygen atoms in total. The molecule has 2 aromatic rings. The summed E-state index contributed by atoms with van der Waals surface area (Å²) in [6, 6.07) is 10.1. The minimum atomic E-state index is -1.10. The Kier molecular flexibility index (Phi) is 6.66. The van der Waals surface area contributed by atoms with E-state index >= 15 is 0 Å². The molecule has 0 radical (unpaired) electrons. The van der Waals surface area contributed by atoms with Crippen LogP contribution in [0.1, 0.15) is 15.2 Å². The van der Waals surface area contributed by atoms with Gasteiger partial charge in [-0.05, 0) is 23.6 Å². The molecule has 1 heterocycles. The van der Waals surface area contributed by atoms with Crippen LogP contribution in [0.15, 0.2) is 46.9 Å². The molecular weight excluding hydrogens is 346 g/mol. The Morgan fingerprint density at radius 1 is 1.20 bits per heavy atom. The fourth-order valence-corrected chi connectivity index (χ4v) is 2.37. The van der Waals surface area contributed by atoms with Gasteiger partial charge in [-0.15, -0.1) is 11.3 Å². The third kappa shape index (κ3) is 6.07. The van der Waals surface area contributed by atoms with Gasteiger partial charge in [-0.25, -0.2) is 10.2 Å². The van der Waals surface area contributed by atoms with Gasteiger partial charge in [0.1, 0.15) is 5.75 Å². The number of nitrogens with zero attached hydrogens (tertiary/aromatic N) is 1. The van der Waals surface area contributed by atoms with E-state index in [1.807, 2.05) is 0 Å². The molecule has 0 aliphatic carbocycles. The number of nitrogens with one attached hydrogen (secondary N) is 2. The molecule has 0 spiro atoms. The summed E-state index contributed by atoms with van der Waals surface area (Å²) in [6.07, 6.45) is 1.33. The van der Waals surface area contributed by atoms with Crippen LogP contribution in [0.25, 0.3) is 0 Å². The number of carboxylic acids is 1. The van der Waals surface area contributed by atoms with Gasteiger partial charge in [-0.3, -0.25) is 9.59 Å². The molecule has 25 heavy (non-hydrogen) atoms. The summed E-state index contributed by atoms with van der Waals surface area (Å²) in [5.74, 6) is -1.60. The topological polar surface area (TPSA) is 117 Å². The van der Waals surface area contributed by atoms with Gasteiger partial charge in [0.05, 0.1) is 17.6 Å². The summed E-state index contributed by atoms with van der Waals surface area (Å²) in [5.41, 5.74) is 2.78. The number of aliphatic carboxylic acids is 1. The smallest absolute Gasteiger partial charge is 0.341 e. The highest BCUT2D eigenvalue weighted by Gasteiger charge is 2.08. The molecule has 2 amide bonds. The zero-order valence-corrected chi connectivity index (χ0v) is 13.8. The maximum absolute atomic E-state index is 11.7. The number of hydrogen-bond donors (Lipinski definition) is 3. The van der Waals surface area contributed by atoms with Crippen molar-refractivity contribution in [2.24, 2.45) is 5.10 Å². The molecule has 3 N–H and O–H groups in total. The first-order chi connectivity index (χ1) is 12.1. The SMILES string of the molecule is O=C(O)COc1ccccc1/C=N\NC(=O)CNC(=O)c1cccs1. The fourth-order valence-electron chi connectivity index (χ4n) is 1.73. The molecule has 0 unspecified atom stereocenters. The van der Waals surface area contributed by atoms with Crippen LogP contribution in [0.2, 0.25) is 0 Å². The van der Waals surface area contributed by atoms with Gasteiger partial charge in [-0.1, -0.05) is 18.2 Å². The number of para-hydroxylation sites is 1. The lowest BCUT2D eigenvalue weighted by Crippen LogP contribution is -2.34. The van der Waals surface area contributed by atoms with E-state index in [1.165, 1.54) is 17.6 Å². The zero-order chi connectivity index (χ0) is 18.1. The van der Waals surface area contributed by atoms with Crippen LogP contribution >= 0.6 is 11.3 Å². The minimum Gasteiger partial charge on any atom is -0.481 e. The molecule has 0 saturated carbocycles. The maximum Gasteiger partial charge on any atom is 0.341 e. The van der Waals surface area contributed by atoms with Crippen molar-refractivity contribution in [3.8, 4) is 5.75 Å². The second-order valence-electron chi connectivity index (χ2n) is 4.67. The average Bonchev–Trinajstić information content (AvgIpc) is 3.13. The molecular formula is C16H15N3O5S. The number of amides is 2. The number of carboxylic acid groups (broad SMARTS) is 1. The summed E-state index contributed by atoms with van der Waals surface area (Å²) < 4.78 is 5.12. The monoisotopic (exact) mass is 361 g/mol. The number of carbonyl (C=O) groups is 3. The van der Waals surface area contributed by atoms with Crippen LogP contribution in [-0.2, 0) is 9.59 Å². The molecule has 1 aromatic carbocycles. The molecule has 0 fully saturated rings. The van der Waals surface area contributed by atoms with Gasteiger partial charge < -0.3 is 15.2 Å². The van der Waals surface area contributed by atoms with Crippen molar-refractivity contribution in [2.45, 2.75) is 0 Å². The number of carbonyl (C=O) groups excluding carboxylic acids is 2. The van der Waals surface area contributed by atoms with E-state index in [1.54, 1.807) is 41.8 Å². The van der Waals surface area contributed by atoms with Gasteiger partial charge in [0.2, 0.25) is 0 Å². The van der Waals surface area contributed by atoms with Gasteiger partial charge in [0, 0.05) is 5.56 Å². The van der Waals surface area contributed by atoms with Crippen molar-refractivity contribution in [3.63, 3.8) is 0 Å². The van der Waals surface area contributed by atoms with Crippen molar-refractivity contribution >= 4 is 35.3 Å². The first-order valence-corrected chi connectivity index (χ1v) is 8.01. The maximum atomic E-state index is 11.7. The van der Waals surface area contributed by atoms with E-state index in [0.717, 1.165) is 0 Å². The Labute approximate surface area is 147 Å². The Hall–Kier alpha value is -3.20. The minimum absolute atomic E-state index is 0.217. The third-order valence-electron chi connectivity index (χ3n) is 2.82. The first-order valence-electron chi connectivity index (χ1n) is 7.13. The van der Waals surface area contributed by atoms with Crippen molar-refractivity contribution in [3.05, 3.63) is 52.2 Å². The number of hydrogen-bond acceptors (Lipinski definition) is 6. The van der Waals surface area contributed by atoms with E-state index in [9.17, 15) is 14.4 Å². The van der Waals surface area contributed by atoms with Crippen LogP contribution < -0.4 is 15.5 Å². The number of rotatable bonds is 8. The van der Waals surface area contributed by atoms with Gasteiger partial charge in [-0.2, -0.15) is 5.10 Å². The quantitative estimate of drug-likeness (QED) is 0.481. The molecule has 0 aliphatic heterocycles. The largest absolute Gasteiger partial charge is 0.481 e. The number of benzene rings is 1. The molecule has 0 atom stereocenters. The van der Waals surface area contributed by atoms with Crippen molar-refractivity contribution in [1.82, 2.24) is 10.7 Å². The Balaban J connectivity index is 1.83. The van der Waals surface area contributed by atoms with Crippen molar-refractivity contribution in [1.29, 1.82) is 0 Å². The molecule has 130 valence electrons. The van der Waals surface area contributed by atoms with E-state index in [-0.39, 0.29) is 12.5 Å². The van der Waals surface area contributed by atoms with Crippen molar-refractivity contribution < 1.29 is 24.2 Å². The van der Waals surface area contributed by atoms with E-state index in [2.05, 4.69) is 15.8 Å². The molecule has 1 aromatic heterocycles. The number of ether oxygens (including phenoxy) is 1. The second kappa shape index (κ2) is 9.18. The molecule has 0 aliphatic rings. The van der Waals surface area contributed by atoms with Gasteiger partial charge in [0.15, 0.2) is 6.61 Å². The predicted octanol–water partition coefficient (Wildman–Crippen LogP) is 1.09. The van der Waals surface area contributed by atoms with E-state index in [4.69, 9.17) is 9.84 Å². The van der Waals surface area contributed by atoms with Crippen LogP contribution in [0.5, 0.6) is 5.75 Å². The molecule has 9 heteroatoms. The van der Waals surface area contributed by atoms with E-state index < -0.39 is 18.5 Å². The number of thiophene rings is 1. The normalized spacial score (nSPS) is 10.4. The molecule has 2 rings (SSSR count). The van der Waals surface area contributed by atoms with Gasteiger partial charge in [0.25, 0.3) is 11.8 Å². The second-order valence-corrected chi connectivity index (χ2v) is 5.62. The predicted molar refractivity (Wildman–Crippen MR) is 92.0 cm³/mol. The van der Waals surface area contributed by atoms with Crippen LogP contribution in [0.4, 0.5) is 0 Å². The Morgan fingerprint density at radius 3 is 2.72 bits per heavy atom. The zero-order valence-electron chi connectivity index (χ0n) is 13.0. The number of hydrazone groups is 1. The van der Waals surface area contributed by atoms with Crippen LogP contribution in [0.3, 0.4) is 0 Å². The summed E-state index contributed by atoms with van der Waals surface area (Å²) in [6.45, 7) is -0.697. The standard InChI is InChI=1S/C16H15N3O5S/c20-14(9-17-16(23)13-6-3-7-25-13)19-18-8-11-4-1-2-5-12(11)24-10-15(21)22/h1-8H,9-10H2,(H,17,23)(H,19,20)(H,21,22)/b18-8-. The summed E-state index contributed by atoms with van der Waals surface area (Å²) >= 11 is 1.28. The Morgan fingerprint density at radius 2 is 2.00 bits per heavy atom. The van der Waals surface area contributed by atoms with Crippen LogP contribution in [0, 0.1) is 0 Å². The highest BCUT2D eigenvalue weighted by molar-refractivity contribution is 7.12. The van der Waals surface area contributed by atoms with Crippen LogP contribution in [-0.4, -0.2) is 42.3 Å². The first kappa shape index (κ1) is 18.1. The third-order valence-corrected chi connectivity index (χ3v) is 3.69. The summed E-state index contributed by atoms with van der Waals surface area (Å²) in [5, 5.41) is 16.6. The molecule has 0 bridgehead atoms. The lowest BCUT2D eigenvalue weighted by molar-refractivity contribution is -0.139. The summed E-state index contributed by atoms with van der Waals surface area (Å²) in [7, 11) is 0. The fraction of sp³-hybridized carbons (Fsp3) is 0.125.